The number of likely N-dealkylation sites (N-methyl/N-ethyl adjacent to an activating group) is 1. The molecule has 0 heterocycles. The molecule has 0 aliphatic carbocycles. The monoisotopic (exact) mass is 180 g/mol. The molecule has 0 spiro atoms. The molecule has 0 aromatic heterocycles. The summed E-state index contributed by atoms with van der Waals surface area (Å²) in [7, 11) is 2.21. The molecule has 0 aromatic rings. The van der Waals surface area contributed by atoms with Crippen LogP contribution in [0.25, 0.3) is 0 Å². The third-order valence-electron chi connectivity index (χ3n) is 1.87. The lowest BCUT2D eigenvalue weighted by molar-refractivity contribution is -0.894. The first-order valence-electron chi connectivity index (χ1n) is 4.63. The molecule has 74 valence electrons. The summed E-state index contributed by atoms with van der Waals surface area (Å²) in [6.07, 6.45) is 1.96. The Bertz CT molecular complexity index is 197. The van der Waals surface area contributed by atoms with Crippen molar-refractivity contribution >= 4 is 0 Å². The predicted molar refractivity (Wildman–Crippen MR) is 60.6 cm³/mol. The van der Waals surface area contributed by atoms with Gasteiger partial charge in [-0.15, -0.1) is 0 Å². The minimum atomic E-state index is 0.939. The molecule has 0 amide bonds. The molecule has 0 bridgehead atoms. The van der Waals surface area contributed by atoms with Gasteiger partial charge in [0.05, 0.1) is 13.6 Å². The van der Waals surface area contributed by atoms with E-state index < -0.39 is 0 Å². The molecular weight excluding hydrogens is 158 g/mol. The Morgan fingerprint density at radius 2 is 1.54 bits per heavy atom. The third kappa shape index (κ3) is 5.42. The molecule has 1 nitrogen and oxygen atoms in total. The number of rotatable bonds is 6. The van der Waals surface area contributed by atoms with E-state index in [1.54, 1.807) is 0 Å². The maximum atomic E-state index is 3.95. The summed E-state index contributed by atoms with van der Waals surface area (Å²) in [4.78, 5) is 0. The Balaban J connectivity index is 4.40. The van der Waals surface area contributed by atoms with E-state index in [-0.39, 0.29) is 0 Å². The van der Waals surface area contributed by atoms with Crippen molar-refractivity contribution in [2.45, 2.75) is 13.8 Å². The Hall–Kier alpha value is -0.820. The van der Waals surface area contributed by atoms with E-state index >= 15 is 0 Å². The summed E-state index contributed by atoms with van der Waals surface area (Å²) < 4.78 is 0.939. The molecule has 0 aliphatic heterocycles. The van der Waals surface area contributed by atoms with Crippen LogP contribution in [-0.2, 0) is 0 Å². The summed E-state index contributed by atoms with van der Waals surface area (Å²) in [6.45, 7) is 18.8. The Morgan fingerprint density at radius 3 is 1.77 bits per heavy atom. The molecule has 13 heavy (non-hydrogen) atoms. The molecular formula is C12H22N+. The molecule has 0 aromatic carbocycles. The van der Waals surface area contributed by atoms with Crippen LogP contribution >= 0.6 is 0 Å². The predicted octanol–water partition coefficient (Wildman–Crippen LogP) is 2.77. The number of hydrogen-bond acceptors (Lipinski definition) is 0. The van der Waals surface area contributed by atoms with E-state index in [1.165, 1.54) is 11.1 Å². The Kier molecular flexibility index (Phi) is 4.71. The van der Waals surface area contributed by atoms with Crippen LogP contribution in [-0.4, -0.2) is 31.2 Å². The van der Waals surface area contributed by atoms with Crippen LogP contribution in [0.1, 0.15) is 13.8 Å². The van der Waals surface area contributed by atoms with Gasteiger partial charge in [0.15, 0.2) is 0 Å². The van der Waals surface area contributed by atoms with Crippen molar-refractivity contribution in [3.8, 4) is 0 Å². The van der Waals surface area contributed by atoms with E-state index in [4.69, 9.17) is 0 Å². The highest BCUT2D eigenvalue weighted by Gasteiger charge is 2.19. The summed E-state index contributed by atoms with van der Waals surface area (Å²) in [5, 5.41) is 0. The van der Waals surface area contributed by atoms with Crippen LogP contribution in [0.5, 0.6) is 0 Å². The zero-order valence-corrected chi connectivity index (χ0v) is 9.27. The van der Waals surface area contributed by atoms with Crippen molar-refractivity contribution in [2.24, 2.45) is 0 Å². The fraction of sp³-hybridized carbons (Fsp3) is 0.500. The molecule has 0 N–H and O–H groups in total. The minimum Gasteiger partial charge on any atom is -0.316 e. The first kappa shape index (κ1) is 12.2. The van der Waals surface area contributed by atoms with Gasteiger partial charge in [-0.05, 0) is 31.1 Å². The lowest BCUT2D eigenvalue weighted by Gasteiger charge is -2.33. The van der Waals surface area contributed by atoms with E-state index in [0.717, 1.165) is 24.1 Å². The summed E-state index contributed by atoms with van der Waals surface area (Å²) in [5.74, 6) is 0. The van der Waals surface area contributed by atoms with Gasteiger partial charge in [-0.25, -0.2) is 0 Å². The fourth-order valence-electron chi connectivity index (χ4n) is 1.80. The second-order valence-electron chi connectivity index (χ2n) is 4.32. The lowest BCUT2D eigenvalue weighted by atomic mass is 10.2. The normalized spacial score (nSPS) is 11.0. The topological polar surface area (TPSA) is 0 Å². The smallest absolute Gasteiger partial charge is 0.100 e. The quantitative estimate of drug-likeness (QED) is 0.435. The van der Waals surface area contributed by atoms with Gasteiger partial charge in [-0.1, -0.05) is 19.7 Å². The summed E-state index contributed by atoms with van der Waals surface area (Å²) in [5.41, 5.74) is 2.43. The second-order valence-corrected chi connectivity index (χ2v) is 4.32. The van der Waals surface area contributed by atoms with Crippen molar-refractivity contribution in [1.29, 1.82) is 0 Å². The van der Waals surface area contributed by atoms with Crippen LogP contribution in [0.4, 0.5) is 0 Å². The molecule has 0 atom stereocenters. The molecule has 0 saturated heterocycles. The molecule has 0 fully saturated rings. The third-order valence-corrected chi connectivity index (χ3v) is 1.87. The largest absolute Gasteiger partial charge is 0.316 e. The van der Waals surface area contributed by atoms with Gasteiger partial charge in [0.2, 0.25) is 0 Å². The average Bonchev–Trinajstić information content (AvgIpc) is 1.81. The molecule has 0 rings (SSSR count). The first-order valence-corrected chi connectivity index (χ1v) is 4.63. The first-order chi connectivity index (χ1) is 5.89. The van der Waals surface area contributed by atoms with Gasteiger partial charge in [0, 0.05) is 0 Å². The zero-order chi connectivity index (χ0) is 10.5. The number of nitrogens with zero attached hydrogens (tertiary/aromatic N) is 1. The van der Waals surface area contributed by atoms with Gasteiger partial charge in [0.25, 0.3) is 0 Å². The highest BCUT2D eigenvalue weighted by Crippen LogP contribution is 2.09. The van der Waals surface area contributed by atoms with Crippen LogP contribution in [0, 0.1) is 0 Å². The van der Waals surface area contributed by atoms with Gasteiger partial charge in [-0.3, -0.25) is 0 Å². The van der Waals surface area contributed by atoms with E-state index in [2.05, 4.69) is 40.6 Å². The standard InChI is InChI=1S/C12H22N/c1-7-8-13(6,9-11(2)3)10-12(4)5/h7H,1-2,4,8-10H2,3,5-6H3/q+1. The Morgan fingerprint density at radius 1 is 1.15 bits per heavy atom. The summed E-state index contributed by atoms with van der Waals surface area (Å²) in [6, 6.07) is 0. The molecule has 1 heteroatoms. The van der Waals surface area contributed by atoms with Gasteiger partial charge < -0.3 is 4.48 Å². The van der Waals surface area contributed by atoms with Gasteiger partial charge in [-0.2, -0.15) is 0 Å². The molecule has 0 radical (unpaired) electrons. The molecule has 0 unspecified atom stereocenters. The lowest BCUT2D eigenvalue weighted by Crippen LogP contribution is -2.46. The van der Waals surface area contributed by atoms with E-state index in [1.807, 2.05) is 6.08 Å². The van der Waals surface area contributed by atoms with E-state index in [0.29, 0.717) is 0 Å². The zero-order valence-electron chi connectivity index (χ0n) is 9.27. The average molecular weight is 180 g/mol. The highest BCUT2D eigenvalue weighted by atomic mass is 15.3. The van der Waals surface area contributed by atoms with Gasteiger partial charge >= 0.3 is 0 Å². The maximum Gasteiger partial charge on any atom is 0.100 e. The SMILES string of the molecule is C=CC[N+](C)(CC(=C)C)CC(=C)C. The van der Waals surface area contributed by atoms with Crippen LogP contribution in [0.2, 0.25) is 0 Å². The van der Waals surface area contributed by atoms with Crippen molar-refractivity contribution < 1.29 is 4.48 Å². The summed E-state index contributed by atoms with van der Waals surface area (Å²) >= 11 is 0. The van der Waals surface area contributed by atoms with Gasteiger partial charge in [0.1, 0.15) is 13.1 Å². The van der Waals surface area contributed by atoms with Crippen molar-refractivity contribution in [1.82, 2.24) is 0 Å². The van der Waals surface area contributed by atoms with Crippen molar-refractivity contribution in [3.63, 3.8) is 0 Å². The fourth-order valence-corrected chi connectivity index (χ4v) is 1.80. The number of quaternary nitrogens is 1. The second kappa shape index (κ2) is 5.03. The molecule has 0 aliphatic rings. The number of hydrogen-bond donors (Lipinski definition) is 0. The highest BCUT2D eigenvalue weighted by molar-refractivity contribution is 4.93. The van der Waals surface area contributed by atoms with Crippen LogP contribution < -0.4 is 0 Å². The van der Waals surface area contributed by atoms with Crippen molar-refractivity contribution in [3.05, 3.63) is 37.0 Å². The van der Waals surface area contributed by atoms with Crippen LogP contribution in [0.3, 0.4) is 0 Å². The van der Waals surface area contributed by atoms with Crippen molar-refractivity contribution in [2.75, 3.05) is 26.7 Å². The maximum absolute atomic E-state index is 3.95. The van der Waals surface area contributed by atoms with Crippen LogP contribution in [0.15, 0.2) is 37.0 Å². The Labute approximate surface area is 82.7 Å². The van der Waals surface area contributed by atoms with E-state index in [9.17, 15) is 0 Å². The molecule has 0 saturated carbocycles. The minimum absolute atomic E-state index is 0.939.